The molecule has 0 aliphatic carbocycles. The van der Waals surface area contributed by atoms with E-state index in [-0.39, 0.29) is 23.7 Å². The Bertz CT molecular complexity index is 881. The second kappa shape index (κ2) is 9.87. The lowest BCUT2D eigenvalue weighted by Gasteiger charge is -2.31. The zero-order valence-corrected chi connectivity index (χ0v) is 17.7. The minimum Gasteiger partial charge on any atom is -0.369 e. The molecule has 0 bridgehead atoms. The topological polar surface area (TPSA) is 104 Å². The molecule has 3 heterocycles. The molecule has 1 atom stereocenters. The van der Waals surface area contributed by atoms with Crippen LogP contribution in [-0.2, 0) is 16.1 Å². The maximum Gasteiger partial charge on any atom is 0.227 e. The quantitative estimate of drug-likeness (QED) is 0.738. The number of hydrogen-bond acceptors (Lipinski definition) is 6. The standard InChI is InChI=1S/C23H30N6O2/c24-21(30)19-3-1-12-28(16-19)15-17-4-6-20(7-5-17)27-22(31)18-8-13-29(14-9-18)23-25-10-2-11-26-23/h2,4-7,10-11,18-19H,1,3,8-9,12-16H2,(H2,24,30)(H,27,31). The van der Waals surface area contributed by atoms with Gasteiger partial charge in [0, 0.05) is 50.2 Å². The van der Waals surface area contributed by atoms with Gasteiger partial charge in [0.2, 0.25) is 17.8 Å². The highest BCUT2D eigenvalue weighted by molar-refractivity contribution is 5.92. The number of carbonyl (C=O) groups excluding carboxylic acids is 2. The van der Waals surface area contributed by atoms with Gasteiger partial charge >= 0.3 is 0 Å². The molecule has 2 amide bonds. The van der Waals surface area contributed by atoms with Crippen molar-refractivity contribution in [3.8, 4) is 0 Å². The summed E-state index contributed by atoms with van der Waals surface area (Å²) in [5.41, 5.74) is 7.45. The van der Waals surface area contributed by atoms with E-state index in [1.165, 1.54) is 5.56 Å². The fourth-order valence-corrected chi connectivity index (χ4v) is 4.42. The SMILES string of the molecule is NC(=O)C1CCCN(Cc2ccc(NC(=O)C3CCN(c4ncccn4)CC3)cc2)C1. The average molecular weight is 423 g/mol. The number of nitrogens with zero attached hydrogens (tertiary/aromatic N) is 4. The Morgan fingerprint density at radius 2 is 1.71 bits per heavy atom. The molecule has 0 saturated carbocycles. The first-order valence-electron chi connectivity index (χ1n) is 11.0. The Labute approximate surface area is 182 Å². The predicted octanol–water partition coefficient (Wildman–Crippen LogP) is 2.03. The summed E-state index contributed by atoms with van der Waals surface area (Å²) in [6.07, 6.45) is 6.94. The van der Waals surface area contributed by atoms with Crippen LogP contribution in [0.1, 0.15) is 31.2 Å². The van der Waals surface area contributed by atoms with E-state index >= 15 is 0 Å². The average Bonchev–Trinajstić information content (AvgIpc) is 2.81. The number of rotatable bonds is 6. The van der Waals surface area contributed by atoms with Crippen LogP contribution >= 0.6 is 0 Å². The summed E-state index contributed by atoms with van der Waals surface area (Å²) in [6.45, 7) is 4.06. The molecule has 8 heteroatoms. The van der Waals surface area contributed by atoms with Crippen molar-refractivity contribution < 1.29 is 9.59 Å². The van der Waals surface area contributed by atoms with Gasteiger partial charge < -0.3 is 16.0 Å². The van der Waals surface area contributed by atoms with Crippen molar-refractivity contribution in [2.24, 2.45) is 17.6 Å². The first kappa shape index (κ1) is 21.2. The molecule has 1 unspecified atom stereocenters. The zero-order valence-electron chi connectivity index (χ0n) is 17.7. The third-order valence-corrected chi connectivity index (χ3v) is 6.24. The van der Waals surface area contributed by atoms with Crippen molar-refractivity contribution in [1.29, 1.82) is 0 Å². The Kier molecular flexibility index (Phi) is 6.76. The van der Waals surface area contributed by atoms with Crippen molar-refractivity contribution in [1.82, 2.24) is 14.9 Å². The maximum atomic E-state index is 12.7. The Hall–Kier alpha value is -3.00. The van der Waals surface area contributed by atoms with Gasteiger partial charge in [-0.2, -0.15) is 0 Å². The molecule has 2 aliphatic rings. The van der Waals surface area contributed by atoms with E-state index < -0.39 is 0 Å². The molecule has 2 saturated heterocycles. The Balaban J connectivity index is 1.25. The molecule has 0 radical (unpaired) electrons. The van der Waals surface area contributed by atoms with E-state index in [1.807, 2.05) is 24.3 Å². The largest absolute Gasteiger partial charge is 0.369 e. The number of primary amides is 1. The van der Waals surface area contributed by atoms with Gasteiger partial charge in [-0.15, -0.1) is 0 Å². The molecule has 2 aliphatic heterocycles. The number of benzene rings is 1. The summed E-state index contributed by atoms with van der Waals surface area (Å²) < 4.78 is 0. The van der Waals surface area contributed by atoms with Gasteiger partial charge in [0.15, 0.2) is 0 Å². The van der Waals surface area contributed by atoms with Crippen molar-refractivity contribution in [2.75, 3.05) is 36.4 Å². The molecular formula is C23H30N6O2. The van der Waals surface area contributed by atoms with Gasteiger partial charge in [0.25, 0.3) is 0 Å². The van der Waals surface area contributed by atoms with Gasteiger partial charge in [-0.3, -0.25) is 14.5 Å². The van der Waals surface area contributed by atoms with Gasteiger partial charge in [-0.25, -0.2) is 9.97 Å². The molecule has 8 nitrogen and oxygen atoms in total. The van der Waals surface area contributed by atoms with Gasteiger partial charge in [-0.05, 0) is 56.0 Å². The van der Waals surface area contributed by atoms with Crippen LogP contribution in [0.4, 0.5) is 11.6 Å². The van der Waals surface area contributed by atoms with Crippen LogP contribution in [0.3, 0.4) is 0 Å². The molecule has 1 aromatic heterocycles. The van der Waals surface area contributed by atoms with Gasteiger partial charge in [-0.1, -0.05) is 12.1 Å². The molecular weight excluding hydrogens is 392 g/mol. The molecule has 0 spiro atoms. The van der Waals surface area contributed by atoms with Crippen molar-refractivity contribution >= 4 is 23.5 Å². The van der Waals surface area contributed by atoms with Gasteiger partial charge in [0.1, 0.15) is 0 Å². The second-order valence-corrected chi connectivity index (χ2v) is 8.47. The van der Waals surface area contributed by atoms with Crippen LogP contribution in [0, 0.1) is 11.8 Å². The summed E-state index contributed by atoms with van der Waals surface area (Å²) in [5.74, 6) is 0.547. The summed E-state index contributed by atoms with van der Waals surface area (Å²) in [4.78, 5) is 37.1. The summed E-state index contributed by atoms with van der Waals surface area (Å²) in [7, 11) is 0. The molecule has 2 fully saturated rings. The molecule has 4 rings (SSSR count). The normalized spacial score (nSPS) is 20.4. The smallest absolute Gasteiger partial charge is 0.227 e. The first-order valence-corrected chi connectivity index (χ1v) is 11.0. The second-order valence-electron chi connectivity index (χ2n) is 8.47. The molecule has 2 aromatic rings. The number of hydrogen-bond donors (Lipinski definition) is 2. The number of carbonyl (C=O) groups is 2. The number of aromatic nitrogens is 2. The Morgan fingerprint density at radius 3 is 2.39 bits per heavy atom. The summed E-state index contributed by atoms with van der Waals surface area (Å²) in [6, 6.07) is 9.79. The van der Waals surface area contributed by atoms with Crippen LogP contribution in [-0.4, -0.2) is 52.9 Å². The highest BCUT2D eigenvalue weighted by Crippen LogP contribution is 2.23. The highest BCUT2D eigenvalue weighted by atomic mass is 16.2. The van der Waals surface area contributed by atoms with Crippen LogP contribution < -0.4 is 16.0 Å². The van der Waals surface area contributed by atoms with Crippen LogP contribution in [0.15, 0.2) is 42.7 Å². The van der Waals surface area contributed by atoms with E-state index in [2.05, 4.69) is 25.1 Å². The minimum absolute atomic E-state index is 0.00118. The first-order chi connectivity index (χ1) is 15.1. The van der Waals surface area contributed by atoms with E-state index in [4.69, 9.17) is 5.73 Å². The number of anilines is 2. The fourth-order valence-electron chi connectivity index (χ4n) is 4.42. The predicted molar refractivity (Wildman–Crippen MR) is 119 cm³/mol. The van der Waals surface area contributed by atoms with E-state index in [9.17, 15) is 9.59 Å². The number of likely N-dealkylation sites (tertiary alicyclic amines) is 1. The van der Waals surface area contributed by atoms with Crippen molar-refractivity contribution in [3.63, 3.8) is 0 Å². The number of amides is 2. The molecule has 3 N–H and O–H groups in total. The highest BCUT2D eigenvalue weighted by Gasteiger charge is 2.26. The monoisotopic (exact) mass is 422 g/mol. The van der Waals surface area contributed by atoms with Gasteiger partial charge in [0.05, 0.1) is 5.92 Å². The molecule has 31 heavy (non-hydrogen) atoms. The fraction of sp³-hybridized carbons (Fsp3) is 0.478. The van der Waals surface area contributed by atoms with Crippen LogP contribution in [0.2, 0.25) is 0 Å². The summed E-state index contributed by atoms with van der Waals surface area (Å²) >= 11 is 0. The maximum absolute atomic E-state index is 12.7. The van der Waals surface area contributed by atoms with Crippen molar-refractivity contribution in [3.05, 3.63) is 48.3 Å². The minimum atomic E-state index is -0.204. The number of piperidine rings is 2. The van der Waals surface area contributed by atoms with E-state index in [1.54, 1.807) is 18.5 Å². The zero-order chi connectivity index (χ0) is 21.6. The molecule has 1 aromatic carbocycles. The molecule has 164 valence electrons. The number of nitrogens with two attached hydrogens (primary N) is 1. The van der Waals surface area contributed by atoms with Crippen LogP contribution in [0.5, 0.6) is 0 Å². The lowest BCUT2D eigenvalue weighted by atomic mass is 9.96. The van der Waals surface area contributed by atoms with E-state index in [0.717, 1.165) is 70.0 Å². The third-order valence-electron chi connectivity index (χ3n) is 6.24. The number of nitrogens with one attached hydrogen (secondary N) is 1. The van der Waals surface area contributed by atoms with Crippen LogP contribution in [0.25, 0.3) is 0 Å². The Morgan fingerprint density at radius 1 is 1.00 bits per heavy atom. The lowest BCUT2D eigenvalue weighted by Crippen LogP contribution is -2.40. The third kappa shape index (κ3) is 5.58. The lowest BCUT2D eigenvalue weighted by molar-refractivity contribution is -0.123. The van der Waals surface area contributed by atoms with E-state index in [0.29, 0.717) is 0 Å². The summed E-state index contributed by atoms with van der Waals surface area (Å²) in [5, 5.41) is 3.06. The van der Waals surface area contributed by atoms with Crippen molar-refractivity contribution in [2.45, 2.75) is 32.2 Å².